The Hall–Kier alpha value is -2.06. The van der Waals surface area contributed by atoms with Crippen LogP contribution in [-0.2, 0) is 16.0 Å². The highest BCUT2D eigenvalue weighted by atomic mass is 32.1. The third-order valence-electron chi connectivity index (χ3n) is 4.07. The monoisotopic (exact) mass is 364 g/mol. The lowest BCUT2D eigenvalue weighted by Crippen LogP contribution is -2.34. The number of rotatable bonds is 6. The van der Waals surface area contributed by atoms with Gasteiger partial charge in [0.1, 0.15) is 16.9 Å². The fourth-order valence-electron chi connectivity index (χ4n) is 2.73. The number of hydrogen-bond acceptors (Lipinski definition) is 6. The molecular weight excluding hydrogens is 343 g/mol. The van der Waals surface area contributed by atoms with Gasteiger partial charge in [0.05, 0.1) is 6.10 Å². The smallest absolute Gasteiger partial charge is 0.251 e. The number of amides is 1. The van der Waals surface area contributed by atoms with Crippen molar-refractivity contribution in [1.82, 2.24) is 15.1 Å². The highest BCUT2D eigenvalue weighted by Crippen LogP contribution is 2.23. The van der Waals surface area contributed by atoms with Crippen molar-refractivity contribution < 1.29 is 13.9 Å². The average molecular weight is 364 g/mol. The number of anilines is 1. The Morgan fingerprint density at radius 1 is 1.36 bits per heavy atom. The van der Waals surface area contributed by atoms with E-state index < -0.39 is 0 Å². The lowest BCUT2D eigenvalue weighted by Gasteiger charge is -2.17. The van der Waals surface area contributed by atoms with Crippen LogP contribution in [-0.4, -0.2) is 53.9 Å². The van der Waals surface area contributed by atoms with Crippen molar-refractivity contribution in [3.05, 3.63) is 40.7 Å². The van der Waals surface area contributed by atoms with Crippen LogP contribution >= 0.6 is 11.3 Å². The van der Waals surface area contributed by atoms with E-state index in [1.54, 1.807) is 31.1 Å². The molecule has 134 valence electrons. The first-order chi connectivity index (χ1) is 12.0. The average Bonchev–Trinajstić information content (AvgIpc) is 3.23. The number of nitrogens with one attached hydrogen (secondary N) is 1. The van der Waals surface area contributed by atoms with E-state index >= 15 is 0 Å². The number of carbonyl (C=O) groups is 1. The van der Waals surface area contributed by atoms with E-state index in [2.05, 4.69) is 15.5 Å². The summed E-state index contributed by atoms with van der Waals surface area (Å²) in [6.45, 7) is 0.575. The molecular formula is C17H21FN4O2S. The molecule has 2 atom stereocenters. The third-order valence-corrected chi connectivity index (χ3v) is 4.95. The highest BCUT2D eigenvalue weighted by molar-refractivity contribution is 7.15. The van der Waals surface area contributed by atoms with Gasteiger partial charge in [-0.1, -0.05) is 29.5 Å². The zero-order valence-electron chi connectivity index (χ0n) is 14.2. The van der Waals surface area contributed by atoms with Crippen molar-refractivity contribution in [3.63, 3.8) is 0 Å². The standard InChI is InChI=1S/C17H21FN4O2S/c1-22(2)16(23)14-8-7-12(24-14)10-19-17-21-20-15(25-17)9-11-5-3-4-6-13(11)18/h3-6,12,14H,7-10H2,1-2H3,(H,19,21). The number of halogens is 1. The van der Waals surface area contributed by atoms with Crippen molar-refractivity contribution in [2.45, 2.75) is 31.5 Å². The lowest BCUT2D eigenvalue weighted by molar-refractivity contribution is -0.140. The molecule has 1 fully saturated rings. The summed E-state index contributed by atoms with van der Waals surface area (Å²) >= 11 is 1.40. The highest BCUT2D eigenvalue weighted by Gasteiger charge is 2.31. The van der Waals surface area contributed by atoms with Gasteiger partial charge in [-0.05, 0) is 24.5 Å². The Morgan fingerprint density at radius 3 is 2.92 bits per heavy atom. The quantitative estimate of drug-likeness (QED) is 0.852. The first-order valence-electron chi connectivity index (χ1n) is 8.19. The van der Waals surface area contributed by atoms with Gasteiger partial charge in [0, 0.05) is 27.1 Å². The number of nitrogens with zero attached hydrogens (tertiary/aromatic N) is 3. The minimum Gasteiger partial charge on any atom is -0.363 e. The molecule has 1 aromatic heterocycles. The van der Waals surface area contributed by atoms with Gasteiger partial charge in [0.15, 0.2) is 0 Å². The SMILES string of the molecule is CN(C)C(=O)C1CCC(CNc2nnc(Cc3ccccc3F)s2)O1. The molecule has 0 radical (unpaired) electrons. The van der Waals surface area contributed by atoms with Crippen molar-refractivity contribution in [2.75, 3.05) is 26.0 Å². The molecule has 1 aromatic carbocycles. The molecule has 1 aliphatic rings. The normalized spacial score (nSPS) is 19.8. The summed E-state index contributed by atoms with van der Waals surface area (Å²) in [5.41, 5.74) is 0.606. The van der Waals surface area contributed by atoms with E-state index in [1.165, 1.54) is 17.4 Å². The van der Waals surface area contributed by atoms with Crippen LogP contribution in [0.4, 0.5) is 9.52 Å². The van der Waals surface area contributed by atoms with Crippen LogP contribution in [0.25, 0.3) is 0 Å². The summed E-state index contributed by atoms with van der Waals surface area (Å²) in [5.74, 6) is -0.228. The second kappa shape index (κ2) is 7.88. The predicted molar refractivity (Wildman–Crippen MR) is 94.2 cm³/mol. The number of hydrogen-bond donors (Lipinski definition) is 1. The van der Waals surface area contributed by atoms with E-state index in [0.29, 0.717) is 23.7 Å². The molecule has 6 nitrogen and oxygen atoms in total. The Balaban J connectivity index is 1.49. The lowest BCUT2D eigenvalue weighted by atomic mass is 10.1. The van der Waals surface area contributed by atoms with Crippen LogP contribution in [0.2, 0.25) is 0 Å². The fraction of sp³-hybridized carbons (Fsp3) is 0.471. The van der Waals surface area contributed by atoms with E-state index in [0.717, 1.165) is 17.8 Å². The Bertz CT molecular complexity index is 737. The molecule has 1 saturated heterocycles. The minimum absolute atomic E-state index is 0.00518. The molecule has 1 aliphatic heterocycles. The topological polar surface area (TPSA) is 67.4 Å². The molecule has 3 rings (SSSR count). The molecule has 2 unspecified atom stereocenters. The van der Waals surface area contributed by atoms with E-state index in [-0.39, 0.29) is 23.9 Å². The summed E-state index contributed by atoms with van der Waals surface area (Å²) in [7, 11) is 3.46. The molecule has 1 amide bonds. The number of ether oxygens (including phenoxy) is 1. The Labute approximate surface area is 150 Å². The molecule has 0 spiro atoms. The van der Waals surface area contributed by atoms with Crippen LogP contribution in [0, 0.1) is 5.82 Å². The second-order valence-corrected chi connectivity index (χ2v) is 7.27. The Morgan fingerprint density at radius 2 is 2.16 bits per heavy atom. The van der Waals surface area contributed by atoms with E-state index in [4.69, 9.17) is 4.74 Å². The van der Waals surface area contributed by atoms with Crippen molar-refractivity contribution in [2.24, 2.45) is 0 Å². The molecule has 0 saturated carbocycles. The molecule has 0 aliphatic carbocycles. The molecule has 0 bridgehead atoms. The van der Waals surface area contributed by atoms with Crippen molar-refractivity contribution in [3.8, 4) is 0 Å². The fourth-order valence-corrected chi connectivity index (χ4v) is 3.50. The van der Waals surface area contributed by atoms with E-state index in [9.17, 15) is 9.18 Å². The summed E-state index contributed by atoms with van der Waals surface area (Å²) in [6, 6.07) is 6.67. The van der Waals surface area contributed by atoms with E-state index in [1.807, 2.05) is 6.07 Å². The zero-order valence-corrected chi connectivity index (χ0v) is 15.1. The summed E-state index contributed by atoms with van der Waals surface area (Å²) < 4.78 is 19.5. The van der Waals surface area contributed by atoms with Gasteiger partial charge in [-0.3, -0.25) is 4.79 Å². The second-order valence-electron chi connectivity index (χ2n) is 6.21. The number of aromatic nitrogens is 2. The maximum Gasteiger partial charge on any atom is 0.251 e. The molecule has 25 heavy (non-hydrogen) atoms. The van der Waals surface area contributed by atoms with Gasteiger partial charge < -0.3 is 15.0 Å². The summed E-state index contributed by atoms with van der Waals surface area (Å²) in [4.78, 5) is 13.5. The zero-order chi connectivity index (χ0) is 17.8. The number of carbonyl (C=O) groups excluding carboxylic acids is 1. The van der Waals surface area contributed by atoms with Crippen molar-refractivity contribution in [1.29, 1.82) is 0 Å². The summed E-state index contributed by atoms with van der Waals surface area (Å²) in [6.07, 6.45) is 1.61. The van der Waals surface area contributed by atoms with Gasteiger partial charge in [-0.25, -0.2) is 4.39 Å². The van der Waals surface area contributed by atoms with Crippen LogP contribution in [0.3, 0.4) is 0 Å². The predicted octanol–water partition coefficient (Wildman–Crippen LogP) is 2.32. The van der Waals surface area contributed by atoms with Crippen LogP contribution < -0.4 is 5.32 Å². The van der Waals surface area contributed by atoms with Gasteiger partial charge in [0.25, 0.3) is 5.91 Å². The third kappa shape index (κ3) is 4.52. The molecule has 1 N–H and O–H groups in total. The maximum absolute atomic E-state index is 13.7. The van der Waals surface area contributed by atoms with Gasteiger partial charge in [0.2, 0.25) is 5.13 Å². The number of benzene rings is 1. The van der Waals surface area contributed by atoms with Gasteiger partial charge in [-0.2, -0.15) is 0 Å². The minimum atomic E-state index is -0.354. The first kappa shape index (κ1) is 17.8. The van der Waals surface area contributed by atoms with Gasteiger partial charge >= 0.3 is 0 Å². The molecule has 2 aromatic rings. The van der Waals surface area contributed by atoms with Crippen LogP contribution in [0.5, 0.6) is 0 Å². The summed E-state index contributed by atoms with van der Waals surface area (Å²) in [5, 5.41) is 12.8. The van der Waals surface area contributed by atoms with Gasteiger partial charge in [-0.15, -0.1) is 10.2 Å². The van der Waals surface area contributed by atoms with Crippen molar-refractivity contribution >= 4 is 22.4 Å². The number of likely N-dealkylation sites (N-methyl/N-ethyl adjacent to an activating group) is 1. The first-order valence-corrected chi connectivity index (χ1v) is 9.01. The molecule has 8 heteroatoms. The Kier molecular flexibility index (Phi) is 5.60. The molecule has 2 heterocycles. The van der Waals surface area contributed by atoms with Crippen LogP contribution in [0.1, 0.15) is 23.4 Å². The largest absolute Gasteiger partial charge is 0.363 e. The van der Waals surface area contributed by atoms with Crippen LogP contribution in [0.15, 0.2) is 24.3 Å². The maximum atomic E-state index is 13.7.